The minimum Gasteiger partial charge on any atom is -0.481 e. The van der Waals surface area contributed by atoms with E-state index in [1.807, 2.05) is 12.1 Å². The zero-order valence-corrected chi connectivity index (χ0v) is 13.5. The number of aryl methyl sites for hydroxylation is 1. The van der Waals surface area contributed by atoms with E-state index in [4.69, 9.17) is 4.74 Å². The lowest BCUT2D eigenvalue weighted by molar-refractivity contribution is -0.127. The first-order chi connectivity index (χ1) is 11.6. The highest BCUT2D eigenvalue weighted by Gasteiger charge is 2.17. The summed E-state index contributed by atoms with van der Waals surface area (Å²) in [5, 5.41) is 4.24. The molecule has 1 aliphatic rings. The summed E-state index contributed by atoms with van der Waals surface area (Å²) < 4.78 is 18.3. The van der Waals surface area contributed by atoms with Crippen molar-refractivity contribution in [2.45, 2.75) is 32.3 Å². The van der Waals surface area contributed by atoms with Gasteiger partial charge in [0.15, 0.2) is 6.10 Å². The van der Waals surface area contributed by atoms with Crippen LogP contribution in [-0.2, 0) is 17.6 Å². The van der Waals surface area contributed by atoms with Gasteiger partial charge in [-0.15, -0.1) is 0 Å². The van der Waals surface area contributed by atoms with Gasteiger partial charge in [0.1, 0.15) is 11.6 Å². The van der Waals surface area contributed by atoms with E-state index in [0.29, 0.717) is 5.75 Å². The molecule has 5 heteroatoms. The molecule has 2 aromatic carbocycles. The zero-order chi connectivity index (χ0) is 16.9. The van der Waals surface area contributed by atoms with E-state index in [0.717, 1.165) is 25.0 Å². The second-order valence-electron chi connectivity index (χ2n) is 5.81. The first-order valence-electron chi connectivity index (χ1n) is 7.96. The zero-order valence-electron chi connectivity index (χ0n) is 13.5. The van der Waals surface area contributed by atoms with Crippen LogP contribution in [0, 0.1) is 5.82 Å². The minimum atomic E-state index is -0.712. The van der Waals surface area contributed by atoms with E-state index in [2.05, 4.69) is 22.7 Å². The topological polar surface area (TPSA) is 50.7 Å². The van der Waals surface area contributed by atoms with Crippen LogP contribution >= 0.6 is 0 Å². The average Bonchev–Trinajstić information content (AvgIpc) is 2.61. The van der Waals surface area contributed by atoms with E-state index < -0.39 is 6.10 Å². The SMILES string of the molecule is C[C@@H](Oc1ccc(F)cc1)C(=O)N/N=C1\CCc2ccccc2C1. The number of halogens is 1. The Labute approximate surface area is 140 Å². The molecule has 0 aromatic heterocycles. The fraction of sp³-hybridized carbons (Fsp3) is 0.263. The number of carbonyl (C=O) groups is 1. The number of benzene rings is 2. The van der Waals surface area contributed by atoms with Crippen LogP contribution in [0.3, 0.4) is 0 Å². The van der Waals surface area contributed by atoms with Crippen molar-refractivity contribution in [1.29, 1.82) is 0 Å². The summed E-state index contributed by atoms with van der Waals surface area (Å²) in [6.07, 6.45) is 1.82. The van der Waals surface area contributed by atoms with Gasteiger partial charge in [0.05, 0.1) is 0 Å². The number of hydrogen-bond donors (Lipinski definition) is 1. The third-order valence-corrected chi connectivity index (χ3v) is 4.02. The standard InChI is InChI=1S/C19H19FN2O2/c1-13(24-18-10-7-16(20)8-11-18)19(23)22-21-17-9-6-14-4-2-3-5-15(14)12-17/h2-5,7-8,10-11,13H,6,9,12H2,1H3,(H,22,23)/b21-17+/t13-/m1/s1. The molecule has 1 amide bonds. The molecule has 0 spiro atoms. The fourth-order valence-electron chi connectivity index (χ4n) is 2.65. The van der Waals surface area contributed by atoms with Crippen LogP contribution in [0.2, 0.25) is 0 Å². The van der Waals surface area contributed by atoms with Crippen LogP contribution < -0.4 is 10.2 Å². The Morgan fingerprint density at radius 1 is 1.12 bits per heavy atom. The number of rotatable bonds is 4. The smallest absolute Gasteiger partial charge is 0.280 e. The van der Waals surface area contributed by atoms with Gasteiger partial charge in [-0.3, -0.25) is 4.79 Å². The molecule has 0 unspecified atom stereocenters. The molecule has 0 aliphatic heterocycles. The molecule has 0 radical (unpaired) electrons. The number of ether oxygens (including phenoxy) is 1. The number of hydrazone groups is 1. The van der Waals surface area contributed by atoms with E-state index in [-0.39, 0.29) is 11.7 Å². The van der Waals surface area contributed by atoms with Gasteiger partial charge in [-0.2, -0.15) is 5.10 Å². The number of amides is 1. The maximum absolute atomic E-state index is 12.9. The summed E-state index contributed by atoms with van der Waals surface area (Å²) in [5.41, 5.74) is 6.12. The quantitative estimate of drug-likeness (QED) is 0.877. The monoisotopic (exact) mass is 326 g/mol. The molecule has 0 saturated heterocycles. The number of fused-ring (bicyclic) bond motifs is 1. The molecule has 1 aliphatic carbocycles. The maximum Gasteiger partial charge on any atom is 0.280 e. The van der Waals surface area contributed by atoms with Crippen LogP contribution in [0.25, 0.3) is 0 Å². The molecule has 0 bridgehead atoms. The second kappa shape index (κ2) is 7.25. The summed E-state index contributed by atoms with van der Waals surface area (Å²) in [7, 11) is 0. The predicted molar refractivity (Wildman–Crippen MR) is 90.5 cm³/mol. The van der Waals surface area contributed by atoms with Gasteiger partial charge in [-0.05, 0) is 55.2 Å². The Bertz CT molecular complexity index is 756. The molecule has 4 nitrogen and oxygen atoms in total. The van der Waals surface area contributed by atoms with Gasteiger partial charge in [-0.1, -0.05) is 24.3 Å². The Hall–Kier alpha value is -2.69. The number of nitrogens with zero attached hydrogens (tertiary/aromatic N) is 1. The van der Waals surface area contributed by atoms with E-state index in [1.54, 1.807) is 6.92 Å². The molecule has 24 heavy (non-hydrogen) atoms. The summed E-state index contributed by atoms with van der Waals surface area (Å²) in [6, 6.07) is 13.8. The molecule has 1 N–H and O–H groups in total. The van der Waals surface area contributed by atoms with Gasteiger partial charge in [0.2, 0.25) is 0 Å². The largest absolute Gasteiger partial charge is 0.481 e. The Kier molecular flexibility index (Phi) is 4.89. The van der Waals surface area contributed by atoms with Gasteiger partial charge < -0.3 is 4.74 Å². The number of carbonyl (C=O) groups excluding carboxylic acids is 1. The van der Waals surface area contributed by atoms with Crippen molar-refractivity contribution in [2.75, 3.05) is 0 Å². The first kappa shape index (κ1) is 16.2. The molecule has 0 heterocycles. The van der Waals surface area contributed by atoms with Crippen LogP contribution in [0.4, 0.5) is 4.39 Å². The second-order valence-corrected chi connectivity index (χ2v) is 5.81. The summed E-state index contributed by atoms with van der Waals surface area (Å²) in [4.78, 5) is 12.1. The predicted octanol–water partition coefficient (Wildman–Crippen LogP) is 3.25. The first-order valence-corrected chi connectivity index (χ1v) is 7.96. The summed E-state index contributed by atoms with van der Waals surface area (Å²) >= 11 is 0. The molecular weight excluding hydrogens is 307 g/mol. The molecule has 3 rings (SSSR count). The summed E-state index contributed by atoms with van der Waals surface area (Å²) in [6.45, 7) is 1.63. The highest BCUT2D eigenvalue weighted by molar-refractivity contribution is 5.90. The van der Waals surface area contributed by atoms with Gasteiger partial charge in [0.25, 0.3) is 5.91 Å². The van der Waals surface area contributed by atoms with Crippen molar-refractivity contribution >= 4 is 11.6 Å². The Balaban J connectivity index is 1.56. The highest BCUT2D eigenvalue weighted by atomic mass is 19.1. The lowest BCUT2D eigenvalue weighted by Gasteiger charge is -2.18. The van der Waals surface area contributed by atoms with Crippen molar-refractivity contribution in [3.63, 3.8) is 0 Å². The lowest BCUT2D eigenvalue weighted by atomic mass is 9.90. The van der Waals surface area contributed by atoms with Crippen molar-refractivity contribution in [1.82, 2.24) is 5.43 Å². The van der Waals surface area contributed by atoms with E-state index in [1.165, 1.54) is 35.4 Å². The number of hydrogen-bond acceptors (Lipinski definition) is 3. The summed E-state index contributed by atoms with van der Waals surface area (Å²) in [5.74, 6) is -0.229. The fourth-order valence-corrected chi connectivity index (χ4v) is 2.65. The van der Waals surface area contributed by atoms with E-state index in [9.17, 15) is 9.18 Å². The number of nitrogens with one attached hydrogen (secondary N) is 1. The van der Waals surface area contributed by atoms with Gasteiger partial charge >= 0.3 is 0 Å². The van der Waals surface area contributed by atoms with Crippen LogP contribution in [0.1, 0.15) is 24.5 Å². The maximum atomic E-state index is 12.9. The van der Waals surface area contributed by atoms with Crippen LogP contribution in [0.15, 0.2) is 53.6 Å². The molecule has 124 valence electrons. The van der Waals surface area contributed by atoms with Crippen LogP contribution in [-0.4, -0.2) is 17.7 Å². The molecule has 1 atom stereocenters. The van der Waals surface area contributed by atoms with Gasteiger partial charge in [-0.25, -0.2) is 9.82 Å². The average molecular weight is 326 g/mol. The normalized spacial score (nSPS) is 16.3. The Morgan fingerprint density at radius 2 is 1.83 bits per heavy atom. The molecule has 2 aromatic rings. The van der Waals surface area contributed by atoms with Crippen LogP contribution in [0.5, 0.6) is 5.75 Å². The minimum absolute atomic E-state index is 0.328. The third kappa shape index (κ3) is 3.98. The van der Waals surface area contributed by atoms with Crippen molar-refractivity contribution in [3.8, 4) is 5.75 Å². The third-order valence-electron chi connectivity index (χ3n) is 4.02. The van der Waals surface area contributed by atoms with E-state index >= 15 is 0 Å². The Morgan fingerprint density at radius 3 is 2.58 bits per heavy atom. The van der Waals surface area contributed by atoms with Crippen molar-refractivity contribution < 1.29 is 13.9 Å². The van der Waals surface area contributed by atoms with Crippen molar-refractivity contribution in [3.05, 3.63) is 65.5 Å². The highest BCUT2D eigenvalue weighted by Crippen LogP contribution is 2.19. The van der Waals surface area contributed by atoms with Gasteiger partial charge in [0, 0.05) is 12.1 Å². The lowest BCUT2D eigenvalue weighted by Crippen LogP contribution is -2.34. The molecule has 0 saturated carbocycles. The van der Waals surface area contributed by atoms with Crippen molar-refractivity contribution in [2.24, 2.45) is 5.10 Å². The molecule has 0 fully saturated rings. The molecular formula is C19H19FN2O2.